The number of thiophene rings is 1. The minimum absolute atomic E-state index is 0.0731. The van der Waals surface area contributed by atoms with E-state index in [9.17, 15) is 19.7 Å². The molecular formula is C12H14N4O4S. The summed E-state index contributed by atoms with van der Waals surface area (Å²) >= 11 is 1.05. The van der Waals surface area contributed by atoms with E-state index < -0.39 is 4.92 Å². The number of nitro groups is 1. The second-order valence-corrected chi connectivity index (χ2v) is 4.96. The van der Waals surface area contributed by atoms with Crippen molar-refractivity contribution in [1.82, 2.24) is 4.90 Å². The molecule has 0 saturated heterocycles. The van der Waals surface area contributed by atoms with Gasteiger partial charge in [-0.15, -0.1) is 11.3 Å². The summed E-state index contributed by atoms with van der Waals surface area (Å²) in [5, 5.41) is 11.9. The van der Waals surface area contributed by atoms with E-state index in [1.165, 1.54) is 11.4 Å². The molecule has 0 fully saturated rings. The number of hydrogen-bond donors (Lipinski definition) is 2. The maximum Gasteiger partial charge on any atom is 0.280 e. The molecule has 0 amide bonds. The van der Waals surface area contributed by atoms with Gasteiger partial charge in [-0.1, -0.05) is 6.08 Å². The Kier molecular flexibility index (Phi) is 6.44. The lowest BCUT2D eigenvalue weighted by molar-refractivity contribution is -0.384. The number of nitrogens with two attached hydrogens (primary N) is 2. The maximum absolute atomic E-state index is 11.9. The summed E-state index contributed by atoms with van der Waals surface area (Å²) in [5.74, 6) is 9.64. The van der Waals surface area contributed by atoms with Crippen molar-refractivity contribution in [2.75, 3.05) is 13.1 Å². The number of carbonyl (C=O) groups excluding carboxylic acids is 2. The first-order valence-corrected chi connectivity index (χ1v) is 6.71. The van der Waals surface area contributed by atoms with Gasteiger partial charge in [-0.3, -0.25) is 26.6 Å². The van der Waals surface area contributed by atoms with Crippen LogP contribution in [0.3, 0.4) is 0 Å². The van der Waals surface area contributed by atoms with E-state index in [2.05, 4.69) is 11.7 Å². The molecule has 0 atom stereocenters. The molecule has 0 radical (unpaired) electrons. The zero-order valence-electron chi connectivity index (χ0n) is 11.0. The normalized spacial score (nSPS) is 13.2. The van der Waals surface area contributed by atoms with Crippen LogP contribution in [0.15, 0.2) is 29.3 Å². The van der Waals surface area contributed by atoms with Crippen molar-refractivity contribution in [2.45, 2.75) is 6.42 Å². The third-order valence-electron chi connectivity index (χ3n) is 2.64. The summed E-state index contributed by atoms with van der Waals surface area (Å²) in [5.41, 5.74) is 0.517. The first-order chi connectivity index (χ1) is 10.1. The number of ketones is 1. The number of carbonyl (C=O) groups is 1. The third-order valence-corrected chi connectivity index (χ3v) is 3.60. The quantitative estimate of drug-likeness (QED) is 0.274. The minimum atomic E-state index is -0.526. The molecule has 2 rings (SSSR count). The molecule has 1 aromatic heterocycles. The number of hydrazine groups is 1. The fraction of sp³-hybridized carbons (Fsp3) is 0.250. The Labute approximate surface area is 124 Å². The predicted octanol–water partition coefficient (Wildman–Crippen LogP) is 0.635. The SMILES string of the molecule is NN.O=C=C1CC=CN(CC(=O)c2cc([N+](=O)[O-])cs2)C1. The van der Waals surface area contributed by atoms with Crippen molar-refractivity contribution >= 4 is 28.7 Å². The average Bonchev–Trinajstić information content (AvgIpc) is 3.00. The monoisotopic (exact) mass is 310 g/mol. The first-order valence-electron chi connectivity index (χ1n) is 5.83. The van der Waals surface area contributed by atoms with Crippen molar-refractivity contribution in [3.05, 3.63) is 44.3 Å². The molecule has 1 aliphatic rings. The highest BCUT2D eigenvalue weighted by molar-refractivity contribution is 7.12. The highest BCUT2D eigenvalue weighted by Gasteiger charge is 2.18. The van der Waals surface area contributed by atoms with Gasteiger partial charge in [0.1, 0.15) is 5.94 Å². The molecule has 0 bridgehead atoms. The number of allylic oxidation sites excluding steroid dienone is 1. The van der Waals surface area contributed by atoms with Crippen LogP contribution in [0, 0.1) is 10.1 Å². The summed E-state index contributed by atoms with van der Waals surface area (Å²) in [6.07, 6.45) is 4.09. The molecule has 112 valence electrons. The Morgan fingerprint density at radius 3 is 2.81 bits per heavy atom. The van der Waals surface area contributed by atoms with E-state index in [1.807, 2.05) is 5.94 Å². The summed E-state index contributed by atoms with van der Waals surface area (Å²) in [6, 6.07) is 1.27. The molecule has 0 unspecified atom stereocenters. The van der Waals surface area contributed by atoms with E-state index in [-0.39, 0.29) is 18.0 Å². The number of hydrogen-bond acceptors (Lipinski definition) is 8. The van der Waals surface area contributed by atoms with E-state index >= 15 is 0 Å². The van der Waals surface area contributed by atoms with Gasteiger partial charge in [0.15, 0.2) is 5.78 Å². The van der Waals surface area contributed by atoms with Gasteiger partial charge in [0.25, 0.3) is 5.69 Å². The zero-order valence-corrected chi connectivity index (χ0v) is 11.8. The lowest BCUT2D eigenvalue weighted by Gasteiger charge is -2.22. The zero-order chi connectivity index (χ0) is 15.8. The van der Waals surface area contributed by atoms with Crippen LogP contribution < -0.4 is 11.7 Å². The van der Waals surface area contributed by atoms with Crippen molar-refractivity contribution in [3.8, 4) is 0 Å². The van der Waals surface area contributed by atoms with E-state index in [4.69, 9.17) is 0 Å². The maximum atomic E-state index is 11.9. The smallest absolute Gasteiger partial charge is 0.280 e. The average molecular weight is 310 g/mol. The van der Waals surface area contributed by atoms with Crippen molar-refractivity contribution in [3.63, 3.8) is 0 Å². The number of Topliss-reactive ketones (excluding diaryl/α,β-unsaturated/α-hetero) is 1. The van der Waals surface area contributed by atoms with Crippen molar-refractivity contribution < 1.29 is 14.5 Å². The van der Waals surface area contributed by atoms with E-state index in [1.54, 1.807) is 17.2 Å². The molecular weight excluding hydrogens is 296 g/mol. The van der Waals surface area contributed by atoms with Gasteiger partial charge >= 0.3 is 0 Å². The van der Waals surface area contributed by atoms with Gasteiger partial charge < -0.3 is 4.90 Å². The lowest BCUT2D eigenvalue weighted by atomic mass is 10.1. The Balaban J connectivity index is 0.00000106. The van der Waals surface area contributed by atoms with Gasteiger partial charge in [-0.25, -0.2) is 4.79 Å². The van der Waals surface area contributed by atoms with Gasteiger partial charge in [0.05, 0.1) is 21.7 Å². The first kappa shape index (κ1) is 16.7. The van der Waals surface area contributed by atoms with E-state index in [0.717, 1.165) is 11.3 Å². The molecule has 9 heteroatoms. The van der Waals surface area contributed by atoms with E-state index in [0.29, 0.717) is 23.4 Å². The van der Waals surface area contributed by atoms with Crippen LogP contribution in [-0.2, 0) is 4.79 Å². The topological polar surface area (TPSA) is 133 Å². The largest absolute Gasteiger partial charge is 0.365 e. The Morgan fingerprint density at radius 2 is 2.24 bits per heavy atom. The highest BCUT2D eigenvalue weighted by Crippen LogP contribution is 2.22. The highest BCUT2D eigenvalue weighted by atomic mass is 32.1. The van der Waals surface area contributed by atoms with Crippen LogP contribution in [0.25, 0.3) is 0 Å². The molecule has 21 heavy (non-hydrogen) atoms. The van der Waals surface area contributed by atoms with Crippen LogP contribution >= 0.6 is 11.3 Å². The Morgan fingerprint density at radius 1 is 1.52 bits per heavy atom. The molecule has 1 aromatic rings. The van der Waals surface area contributed by atoms with Crippen LogP contribution in [0.5, 0.6) is 0 Å². The summed E-state index contributed by atoms with van der Waals surface area (Å²) in [7, 11) is 0. The van der Waals surface area contributed by atoms with Gasteiger partial charge in [0, 0.05) is 24.6 Å². The summed E-state index contributed by atoms with van der Waals surface area (Å²) in [4.78, 5) is 34.6. The van der Waals surface area contributed by atoms with Gasteiger partial charge in [0.2, 0.25) is 0 Å². The molecule has 0 saturated carbocycles. The molecule has 1 aliphatic heterocycles. The second-order valence-electron chi connectivity index (χ2n) is 4.05. The summed E-state index contributed by atoms with van der Waals surface area (Å²) < 4.78 is 0. The van der Waals surface area contributed by atoms with Crippen molar-refractivity contribution in [1.29, 1.82) is 0 Å². The molecule has 0 aliphatic carbocycles. The Bertz CT molecular complexity index is 604. The van der Waals surface area contributed by atoms with Crippen LogP contribution in [-0.4, -0.2) is 34.6 Å². The fourth-order valence-electron chi connectivity index (χ4n) is 1.72. The molecule has 4 N–H and O–H groups in total. The molecule has 0 aromatic carbocycles. The van der Waals surface area contributed by atoms with Crippen LogP contribution in [0.2, 0.25) is 0 Å². The van der Waals surface area contributed by atoms with Crippen LogP contribution in [0.4, 0.5) is 5.69 Å². The second kappa shape index (κ2) is 8.08. The lowest BCUT2D eigenvalue weighted by Crippen LogP contribution is -2.28. The standard InChI is InChI=1S/C12H10N2O4S.H4N2/c15-7-9-2-1-3-13(5-9)6-11(16)12-4-10(8-19-12)14(17)18;1-2/h1,3-4,8H,2,5-6H2;1-2H2. The predicted molar refractivity (Wildman–Crippen MR) is 78.2 cm³/mol. The van der Waals surface area contributed by atoms with Gasteiger partial charge in [-0.2, -0.15) is 0 Å². The molecule has 0 spiro atoms. The van der Waals surface area contributed by atoms with Crippen LogP contribution in [0.1, 0.15) is 16.1 Å². The van der Waals surface area contributed by atoms with Crippen molar-refractivity contribution in [2.24, 2.45) is 11.7 Å². The molecule has 2 heterocycles. The Hall–Kier alpha value is -2.32. The summed E-state index contributed by atoms with van der Waals surface area (Å²) in [6.45, 7) is 0.471. The molecule has 8 nitrogen and oxygen atoms in total. The number of nitrogens with zero attached hydrogens (tertiary/aromatic N) is 2. The number of rotatable bonds is 4. The fourth-order valence-corrected chi connectivity index (χ4v) is 2.51. The minimum Gasteiger partial charge on any atom is -0.365 e. The van der Waals surface area contributed by atoms with Gasteiger partial charge in [-0.05, 0) is 6.20 Å². The third kappa shape index (κ3) is 4.62.